The Morgan fingerprint density at radius 2 is 2.00 bits per heavy atom. The highest BCUT2D eigenvalue weighted by atomic mass is 79.9. The van der Waals surface area contributed by atoms with Crippen molar-refractivity contribution in [1.82, 2.24) is 0 Å². The molecule has 1 atom stereocenters. The summed E-state index contributed by atoms with van der Waals surface area (Å²) < 4.78 is 1.15. The summed E-state index contributed by atoms with van der Waals surface area (Å²) in [5.74, 6) is 0. The van der Waals surface area contributed by atoms with Gasteiger partial charge in [-0.3, -0.25) is 0 Å². The fourth-order valence-corrected chi connectivity index (χ4v) is 1.46. The maximum Gasteiger partial charge on any atom is 0.0207 e. The third-order valence-electron chi connectivity index (χ3n) is 1.50. The van der Waals surface area contributed by atoms with Gasteiger partial charge in [-0.1, -0.05) is 34.1 Å². The molecule has 0 aliphatic carbocycles. The average Bonchev–Trinajstić information content (AvgIpc) is 1.93. The SMILES string of the molecule is C[C@@H](N)Cc1ccccc1Br.Cl. The Hall–Kier alpha value is -0.0500. The van der Waals surface area contributed by atoms with Gasteiger partial charge in [0.1, 0.15) is 0 Å². The fourth-order valence-electron chi connectivity index (χ4n) is 1.01. The van der Waals surface area contributed by atoms with Crippen molar-refractivity contribution in [2.24, 2.45) is 5.73 Å². The van der Waals surface area contributed by atoms with E-state index in [0.29, 0.717) is 0 Å². The molecule has 0 unspecified atom stereocenters. The maximum atomic E-state index is 5.67. The van der Waals surface area contributed by atoms with Crippen molar-refractivity contribution in [3.05, 3.63) is 34.3 Å². The second kappa shape index (κ2) is 5.57. The van der Waals surface area contributed by atoms with Crippen LogP contribution in [0.5, 0.6) is 0 Å². The van der Waals surface area contributed by atoms with Crippen LogP contribution < -0.4 is 5.73 Å². The zero-order valence-electron chi connectivity index (χ0n) is 6.96. The van der Waals surface area contributed by atoms with E-state index in [1.807, 2.05) is 25.1 Å². The summed E-state index contributed by atoms with van der Waals surface area (Å²) in [6, 6.07) is 8.40. The second-order valence-corrected chi connectivity index (χ2v) is 3.63. The van der Waals surface area contributed by atoms with Crippen molar-refractivity contribution in [3.63, 3.8) is 0 Å². The maximum absolute atomic E-state index is 5.67. The predicted octanol–water partition coefficient (Wildman–Crippen LogP) is 2.76. The van der Waals surface area contributed by atoms with Crippen LogP contribution in [0.2, 0.25) is 0 Å². The number of hydrogen-bond acceptors (Lipinski definition) is 1. The van der Waals surface area contributed by atoms with Gasteiger partial charge in [0.25, 0.3) is 0 Å². The van der Waals surface area contributed by atoms with Gasteiger partial charge in [0.15, 0.2) is 0 Å². The smallest absolute Gasteiger partial charge is 0.0207 e. The van der Waals surface area contributed by atoms with Gasteiger partial charge < -0.3 is 5.73 Å². The summed E-state index contributed by atoms with van der Waals surface area (Å²) in [7, 11) is 0. The van der Waals surface area contributed by atoms with Gasteiger partial charge in [-0.15, -0.1) is 12.4 Å². The van der Waals surface area contributed by atoms with Crippen LogP contribution in [-0.2, 0) is 6.42 Å². The Kier molecular flexibility index (Phi) is 5.55. The molecular weight excluding hydrogens is 237 g/mol. The van der Waals surface area contributed by atoms with E-state index in [0.717, 1.165) is 10.9 Å². The molecule has 0 aromatic heterocycles. The molecule has 0 spiro atoms. The third kappa shape index (κ3) is 3.57. The average molecular weight is 251 g/mol. The first-order valence-corrected chi connectivity index (χ1v) is 4.48. The highest BCUT2D eigenvalue weighted by molar-refractivity contribution is 9.10. The molecule has 2 N–H and O–H groups in total. The lowest BCUT2D eigenvalue weighted by Gasteiger charge is -2.06. The zero-order chi connectivity index (χ0) is 8.27. The van der Waals surface area contributed by atoms with Gasteiger partial charge in [0, 0.05) is 10.5 Å². The molecule has 1 aromatic carbocycles. The third-order valence-corrected chi connectivity index (χ3v) is 2.27. The molecule has 1 nitrogen and oxygen atoms in total. The number of rotatable bonds is 2. The lowest BCUT2D eigenvalue weighted by molar-refractivity contribution is 0.736. The van der Waals surface area contributed by atoms with Crippen molar-refractivity contribution >= 4 is 28.3 Å². The van der Waals surface area contributed by atoms with Gasteiger partial charge in [-0.25, -0.2) is 0 Å². The lowest BCUT2D eigenvalue weighted by Crippen LogP contribution is -2.17. The Bertz CT molecular complexity index is 238. The standard InChI is InChI=1S/C9H12BrN.ClH/c1-7(11)6-8-4-2-3-5-9(8)10;/h2-5,7H,6,11H2,1H3;1H/t7-;/m1./s1. The molecule has 0 saturated carbocycles. The molecule has 0 amide bonds. The zero-order valence-corrected chi connectivity index (χ0v) is 9.36. The number of hydrogen-bond donors (Lipinski definition) is 1. The van der Waals surface area contributed by atoms with Crippen LogP contribution in [-0.4, -0.2) is 6.04 Å². The first-order valence-electron chi connectivity index (χ1n) is 3.69. The van der Waals surface area contributed by atoms with Crippen molar-refractivity contribution < 1.29 is 0 Å². The lowest BCUT2D eigenvalue weighted by atomic mass is 10.1. The quantitative estimate of drug-likeness (QED) is 0.858. The second-order valence-electron chi connectivity index (χ2n) is 2.77. The fraction of sp³-hybridized carbons (Fsp3) is 0.333. The van der Waals surface area contributed by atoms with Crippen molar-refractivity contribution in [1.29, 1.82) is 0 Å². The minimum atomic E-state index is 0. The van der Waals surface area contributed by atoms with Crippen LogP contribution in [0.15, 0.2) is 28.7 Å². The molecule has 0 radical (unpaired) electrons. The number of nitrogens with two attached hydrogens (primary N) is 1. The molecule has 0 aliphatic heterocycles. The van der Waals surface area contributed by atoms with Crippen LogP contribution in [0.25, 0.3) is 0 Å². The van der Waals surface area contributed by atoms with E-state index in [1.54, 1.807) is 0 Å². The summed E-state index contributed by atoms with van der Waals surface area (Å²) in [6.45, 7) is 2.01. The van der Waals surface area contributed by atoms with Crippen molar-refractivity contribution in [3.8, 4) is 0 Å². The topological polar surface area (TPSA) is 26.0 Å². The molecule has 0 bridgehead atoms. The molecule has 1 aromatic rings. The van der Waals surface area contributed by atoms with E-state index in [4.69, 9.17) is 5.73 Å². The normalized spacial score (nSPS) is 11.9. The van der Waals surface area contributed by atoms with Gasteiger partial charge in [-0.05, 0) is 25.0 Å². The number of halogens is 2. The molecule has 12 heavy (non-hydrogen) atoms. The molecular formula is C9H13BrClN. The Morgan fingerprint density at radius 3 is 2.50 bits per heavy atom. The number of benzene rings is 1. The highest BCUT2D eigenvalue weighted by Crippen LogP contribution is 2.16. The molecule has 0 aliphatic rings. The highest BCUT2D eigenvalue weighted by Gasteiger charge is 2.00. The Balaban J connectivity index is 0.00000121. The van der Waals surface area contributed by atoms with Gasteiger partial charge in [0.2, 0.25) is 0 Å². The van der Waals surface area contributed by atoms with Gasteiger partial charge >= 0.3 is 0 Å². The molecule has 0 saturated heterocycles. The van der Waals surface area contributed by atoms with Crippen LogP contribution >= 0.6 is 28.3 Å². The molecule has 0 heterocycles. The van der Waals surface area contributed by atoms with Crippen LogP contribution in [0.4, 0.5) is 0 Å². The first-order chi connectivity index (χ1) is 5.20. The predicted molar refractivity (Wildman–Crippen MR) is 58.7 cm³/mol. The van der Waals surface area contributed by atoms with Crippen molar-refractivity contribution in [2.75, 3.05) is 0 Å². The van der Waals surface area contributed by atoms with Crippen LogP contribution in [0, 0.1) is 0 Å². The van der Waals surface area contributed by atoms with Crippen LogP contribution in [0.3, 0.4) is 0 Å². The Labute approximate surface area is 87.9 Å². The monoisotopic (exact) mass is 249 g/mol. The first kappa shape index (κ1) is 11.9. The molecule has 3 heteroatoms. The molecule has 68 valence electrons. The Morgan fingerprint density at radius 1 is 1.42 bits per heavy atom. The molecule has 1 rings (SSSR count). The van der Waals surface area contributed by atoms with E-state index in [9.17, 15) is 0 Å². The summed E-state index contributed by atoms with van der Waals surface area (Å²) >= 11 is 3.47. The van der Waals surface area contributed by atoms with Gasteiger partial charge in [0.05, 0.1) is 0 Å². The minimum absolute atomic E-state index is 0. The van der Waals surface area contributed by atoms with E-state index >= 15 is 0 Å². The summed E-state index contributed by atoms with van der Waals surface area (Å²) in [4.78, 5) is 0. The van der Waals surface area contributed by atoms with E-state index < -0.39 is 0 Å². The van der Waals surface area contributed by atoms with Crippen molar-refractivity contribution in [2.45, 2.75) is 19.4 Å². The summed E-state index contributed by atoms with van der Waals surface area (Å²) in [5, 5.41) is 0. The largest absolute Gasteiger partial charge is 0.328 e. The summed E-state index contributed by atoms with van der Waals surface area (Å²) in [6.07, 6.45) is 0.932. The summed E-state index contributed by atoms with van der Waals surface area (Å²) in [5.41, 5.74) is 6.95. The van der Waals surface area contributed by atoms with E-state index in [2.05, 4.69) is 22.0 Å². The van der Waals surface area contributed by atoms with E-state index in [1.165, 1.54) is 5.56 Å². The van der Waals surface area contributed by atoms with Gasteiger partial charge in [-0.2, -0.15) is 0 Å². The van der Waals surface area contributed by atoms with Crippen LogP contribution in [0.1, 0.15) is 12.5 Å². The minimum Gasteiger partial charge on any atom is -0.328 e. The van der Waals surface area contributed by atoms with E-state index in [-0.39, 0.29) is 18.4 Å². The molecule has 0 fully saturated rings.